The van der Waals surface area contributed by atoms with Crippen LogP contribution < -0.4 is 15.4 Å². The number of anilines is 1. The van der Waals surface area contributed by atoms with Gasteiger partial charge >= 0.3 is 0 Å². The van der Waals surface area contributed by atoms with Crippen molar-refractivity contribution in [3.63, 3.8) is 0 Å². The summed E-state index contributed by atoms with van der Waals surface area (Å²) in [5, 5.41) is 7.42. The highest BCUT2D eigenvalue weighted by Gasteiger charge is 2.03. The maximum Gasteiger partial charge on any atom is 0.170 e. The van der Waals surface area contributed by atoms with Crippen LogP contribution in [0.3, 0.4) is 0 Å². The van der Waals surface area contributed by atoms with Gasteiger partial charge in [0.05, 0.1) is 24.1 Å². The van der Waals surface area contributed by atoms with Gasteiger partial charge in [0.15, 0.2) is 5.11 Å². The number of nitrogens with one attached hydrogen (secondary N) is 2. The van der Waals surface area contributed by atoms with Crippen molar-refractivity contribution in [3.8, 4) is 5.75 Å². The van der Waals surface area contributed by atoms with E-state index >= 15 is 0 Å². The molecule has 7 heteroatoms. The molecular formula is C16H19ClN2O2S2. The molecule has 0 amide bonds. The van der Waals surface area contributed by atoms with Crippen LogP contribution in [0.25, 0.3) is 0 Å². The predicted octanol–water partition coefficient (Wildman–Crippen LogP) is 4.55. The summed E-state index contributed by atoms with van der Waals surface area (Å²) in [6, 6.07) is 9.36. The van der Waals surface area contributed by atoms with Crippen LogP contribution in [0.15, 0.2) is 41.0 Å². The van der Waals surface area contributed by atoms with E-state index in [1.807, 2.05) is 30.0 Å². The summed E-state index contributed by atoms with van der Waals surface area (Å²) in [5.74, 6) is 3.60. The maximum atomic E-state index is 6.08. The van der Waals surface area contributed by atoms with Gasteiger partial charge in [0.25, 0.3) is 0 Å². The number of thioether (sulfide) groups is 1. The molecule has 0 spiro atoms. The quantitative estimate of drug-likeness (QED) is 0.525. The van der Waals surface area contributed by atoms with Crippen LogP contribution in [-0.2, 0) is 5.75 Å². The summed E-state index contributed by atoms with van der Waals surface area (Å²) >= 11 is 13.2. The summed E-state index contributed by atoms with van der Waals surface area (Å²) in [7, 11) is 1.59. The lowest BCUT2D eigenvalue weighted by atomic mass is 10.3. The Kier molecular flexibility index (Phi) is 7.58. The second-order valence-electron chi connectivity index (χ2n) is 4.72. The van der Waals surface area contributed by atoms with E-state index in [0.717, 1.165) is 35.9 Å². The fourth-order valence-corrected chi connectivity index (χ4v) is 3.20. The Balaban J connectivity index is 1.60. The van der Waals surface area contributed by atoms with Gasteiger partial charge in [-0.25, -0.2) is 0 Å². The number of ether oxygens (including phenoxy) is 1. The second kappa shape index (κ2) is 9.70. The van der Waals surface area contributed by atoms with E-state index in [1.54, 1.807) is 25.5 Å². The van der Waals surface area contributed by atoms with Gasteiger partial charge in [-0.2, -0.15) is 11.8 Å². The molecule has 0 fully saturated rings. The molecule has 0 aliphatic carbocycles. The van der Waals surface area contributed by atoms with Crippen molar-refractivity contribution in [3.05, 3.63) is 47.4 Å². The Morgan fingerprint density at radius 3 is 2.96 bits per heavy atom. The van der Waals surface area contributed by atoms with E-state index in [1.165, 1.54) is 0 Å². The lowest BCUT2D eigenvalue weighted by Gasteiger charge is -2.11. The van der Waals surface area contributed by atoms with Crippen molar-refractivity contribution in [1.82, 2.24) is 5.32 Å². The second-order valence-corrected chi connectivity index (χ2v) is 6.64. The van der Waals surface area contributed by atoms with Gasteiger partial charge in [0, 0.05) is 12.2 Å². The molecule has 124 valence electrons. The average molecular weight is 371 g/mol. The van der Waals surface area contributed by atoms with Crippen LogP contribution in [0.5, 0.6) is 5.75 Å². The summed E-state index contributed by atoms with van der Waals surface area (Å²) in [5.41, 5.74) is 0.834. The zero-order valence-corrected chi connectivity index (χ0v) is 15.2. The molecule has 4 nitrogen and oxygen atoms in total. The first kappa shape index (κ1) is 18.0. The van der Waals surface area contributed by atoms with Crippen molar-refractivity contribution in [2.75, 3.05) is 24.7 Å². The minimum absolute atomic E-state index is 0.551. The van der Waals surface area contributed by atoms with Gasteiger partial charge in [-0.3, -0.25) is 0 Å². The number of thiocarbonyl (C=S) groups is 1. The SMILES string of the molecule is COc1ccc(NC(=S)NCCCSCc2ccco2)cc1Cl. The molecule has 1 heterocycles. The minimum atomic E-state index is 0.551. The van der Waals surface area contributed by atoms with Crippen molar-refractivity contribution < 1.29 is 9.15 Å². The zero-order valence-electron chi connectivity index (χ0n) is 12.8. The minimum Gasteiger partial charge on any atom is -0.495 e. The number of halogens is 1. The molecule has 0 bridgehead atoms. The van der Waals surface area contributed by atoms with Crippen LogP contribution in [0, 0.1) is 0 Å². The third-order valence-corrected chi connectivity index (χ3v) is 4.59. The standard InChI is InChI=1S/C16H19ClN2O2S2/c1-20-15-6-5-12(10-14(15)17)19-16(22)18-7-3-9-23-11-13-4-2-8-21-13/h2,4-6,8,10H,3,7,9,11H2,1H3,(H2,18,19,22). The monoisotopic (exact) mass is 370 g/mol. The first-order valence-electron chi connectivity index (χ1n) is 7.17. The normalized spacial score (nSPS) is 10.3. The van der Waals surface area contributed by atoms with Crippen molar-refractivity contribution in [2.24, 2.45) is 0 Å². The topological polar surface area (TPSA) is 46.4 Å². The number of benzene rings is 1. The number of rotatable bonds is 8. The van der Waals surface area contributed by atoms with E-state index in [4.69, 9.17) is 33.0 Å². The first-order chi connectivity index (χ1) is 11.2. The lowest BCUT2D eigenvalue weighted by molar-refractivity contribution is 0.415. The summed E-state index contributed by atoms with van der Waals surface area (Å²) in [6.45, 7) is 0.820. The molecule has 0 radical (unpaired) electrons. The van der Waals surface area contributed by atoms with Crippen molar-refractivity contribution in [2.45, 2.75) is 12.2 Å². The van der Waals surface area contributed by atoms with E-state index in [2.05, 4.69) is 10.6 Å². The number of hydrogen-bond donors (Lipinski definition) is 2. The molecule has 23 heavy (non-hydrogen) atoms. The highest BCUT2D eigenvalue weighted by atomic mass is 35.5. The van der Waals surface area contributed by atoms with Gasteiger partial charge in [-0.1, -0.05) is 11.6 Å². The molecule has 0 aliphatic rings. The van der Waals surface area contributed by atoms with Gasteiger partial charge in [0.1, 0.15) is 11.5 Å². The molecule has 0 saturated heterocycles. The van der Waals surface area contributed by atoms with E-state index < -0.39 is 0 Å². The Labute approximate surface area is 150 Å². The van der Waals surface area contributed by atoms with Crippen LogP contribution in [-0.4, -0.2) is 24.5 Å². The van der Waals surface area contributed by atoms with Gasteiger partial charge in [-0.15, -0.1) is 0 Å². The Morgan fingerprint density at radius 1 is 1.39 bits per heavy atom. The highest BCUT2D eigenvalue weighted by molar-refractivity contribution is 7.98. The molecule has 2 rings (SSSR count). The Hall–Kier alpha value is -1.37. The first-order valence-corrected chi connectivity index (χ1v) is 9.11. The summed E-state index contributed by atoms with van der Waals surface area (Å²) in [6.07, 6.45) is 2.73. The fourth-order valence-electron chi connectivity index (χ4n) is 1.86. The molecule has 2 aromatic rings. The van der Waals surface area contributed by atoms with Gasteiger partial charge in [0.2, 0.25) is 0 Å². The van der Waals surface area contributed by atoms with Gasteiger partial charge < -0.3 is 19.8 Å². The molecule has 0 saturated carbocycles. The van der Waals surface area contributed by atoms with Crippen LogP contribution in [0.1, 0.15) is 12.2 Å². The highest BCUT2D eigenvalue weighted by Crippen LogP contribution is 2.27. The van der Waals surface area contributed by atoms with E-state index in [0.29, 0.717) is 15.9 Å². The Morgan fingerprint density at radius 2 is 2.26 bits per heavy atom. The average Bonchev–Trinajstić information content (AvgIpc) is 3.04. The number of methoxy groups -OCH3 is 1. The molecule has 0 unspecified atom stereocenters. The zero-order chi connectivity index (χ0) is 16.5. The molecule has 2 N–H and O–H groups in total. The number of furan rings is 1. The maximum absolute atomic E-state index is 6.08. The largest absolute Gasteiger partial charge is 0.495 e. The third kappa shape index (κ3) is 6.33. The molecular weight excluding hydrogens is 352 g/mol. The number of hydrogen-bond acceptors (Lipinski definition) is 4. The summed E-state index contributed by atoms with van der Waals surface area (Å²) < 4.78 is 10.4. The smallest absolute Gasteiger partial charge is 0.170 e. The third-order valence-electron chi connectivity index (χ3n) is 2.99. The van der Waals surface area contributed by atoms with Crippen LogP contribution >= 0.6 is 35.6 Å². The molecule has 0 aliphatic heterocycles. The van der Waals surface area contributed by atoms with Crippen LogP contribution in [0.4, 0.5) is 5.69 Å². The summed E-state index contributed by atoms with van der Waals surface area (Å²) in [4.78, 5) is 0. The molecule has 1 aromatic heterocycles. The Bertz CT molecular complexity index is 621. The van der Waals surface area contributed by atoms with Crippen LogP contribution in [0.2, 0.25) is 5.02 Å². The lowest BCUT2D eigenvalue weighted by Crippen LogP contribution is -2.29. The van der Waals surface area contributed by atoms with Crippen molar-refractivity contribution in [1.29, 1.82) is 0 Å². The predicted molar refractivity (Wildman–Crippen MR) is 102 cm³/mol. The van der Waals surface area contributed by atoms with E-state index in [9.17, 15) is 0 Å². The van der Waals surface area contributed by atoms with Crippen molar-refractivity contribution >= 4 is 46.4 Å². The molecule has 1 aromatic carbocycles. The van der Waals surface area contributed by atoms with Gasteiger partial charge in [-0.05, 0) is 54.7 Å². The molecule has 0 atom stereocenters. The fraction of sp³-hybridized carbons (Fsp3) is 0.312. The van der Waals surface area contributed by atoms with E-state index in [-0.39, 0.29) is 0 Å².